The number of aromatic nitrogens is 1. The summed E-state index contributed by atoms with van der Waals surface area (Å²) in [5.74, 6) is 1.24. The third-order valence-electron chi connectivity index (χ3n) is 8.19. The van der Waals surface area contributed by atoms with Crippen molar-refractivity contribution in [2.75, 3.05) is 13.1 Å². The van der Waals surface area contributed by atoms with Crippen LogP contribution in [0, 0.1) is 0 Å². The van der Waals surface area contributed by atoms with Crippen molar-refractivity contribution in [3.63, 3.8) is 0 Å². The summed E-state index contributed by atoms with van der Waals surface area (Å²) < 4.78 is 35.2. The van der Waals surface area contributed by atoms with Gasteiger partial charge in [-0.15, -0.1) is 0 Å². The van der Waals surface area contributed by atoms with Crippen LogP contribution in [-0.2, 0) is 10.0 Å². The fraction of sp³-hybridized carbons (Fsp3) is 0.500. The standard InChI is InChI=1S/C28H34N2O3S/c31-34(32,25-11-5-2-6-12-25)30-20-27(21-15-17-29-16-7-8-22(29)18-21)26-19-24(13-14-28(26)30)33-23-9-3-1-4-10-23/h2,5-6,11-14,19-23H,1,3-4,7-10,15-18H2/t21-,22+/m0/s1. The Morgan fingerprint density at radius 2 is 1.68 bits per heavy atom. The second-order valence-electron chi connectivity index (χ2n) is 10.3. The van der Waals surface area contributed by atoms with Gasteiger partial charge in [0.15, 0.2) is 0 Å². The number of piperidine rings is 1. The fourth-order valence-electron chi connectivity index (χ4n) is 6.39. The van der Waals surface area contributed by atoms with Crippen molar-refractivity contribution in [3.8, 4) is 5.75 Å². The van der Waals surface area contributed by atoms with Gasteiger partial charge < -0.3 is 9.64 Å². The summed E-state index contributed by atoms with van der Waals surface area (Å²) in [5, 5.41) is 1.03. The smallest absolute Gasteiger partial charge is 0.268 e. The van der Waals surface area contributed by atoms with Crippen molar-refractivity contribution in [3.05, 3.63) is 60.3 Å². The molecule has 0 bridgehead atoms. The first-order valence-corrected chi connectivity index (χ1v) is 14.4. The van der Waals surface area contributed by atoms with Crippen molar-refractivity contribution >= 4 is 20.9 Å². The molecular formula is C28H34N2O3S. The summed E-state index contributed by atoms with van der Waals surface area (Å²) in [6.45, 7) is 2.31. The molecule has 0 radical (unpaired) electrons. The van der Waals surface area contributed by atoms with E-state index in [0.717, 1.165) is 54.4 Å². The predicted molar refractivity (Wildman–Crippen MR) is 135 cm³/mol. The maximum Gasteiger partial charge on any atom is 0.268 e. The Labute approximate surface area is 202 Å². The zero-order valence-electron chi connectivity index (χ0n) is 19.7. The van der Waals surface area contributed by atoms with Crippen LogP contribution in [0.3, 0.4) is 0 Å². The summed E-state index contributed by atoms with van der Waals surface area (Å²) in [4.78, 5) is 2.94. The summed E-state index contributed by atoms with van der Waals surface area (Å²) in [5.41, 5.74) is 1.92. The van der Waals surface area contributed by atoms with Crippen LogP contribution in [0.25, 0.3) is 10.9 Å². The van der Waals surface area contributed by atoms with Crippen LogP contribution in [0.2, 0.25) is 0 Å². The monoisotopic (exact) mass is 478 g/mol. The zero-order valence-corrected chi connectivity index (χ0v) is 20.6. The Bertz CT molecular complexity index is 1260. The molecule has 34 heavy (non-hydrogen) atoms. The molecule has 3 fully saturated rings. The molecule has 2 saturated heterocycles. The van der Waals surface area contributed by atoms with E-state index in [0.29, 0.717) is 16.9 Å². The molecule has 1 saturated carbocycles. The maximum absolute atomic E-state index is 13.7. The fourth-order valence-corrected chi connectivity index (χ4v) is 7.79. The minimum absolute atomic E-state index is 0.270. The molecule has 180 valence electrons. The number of nitrogens with zero attached hydrogens (tertiary/aromatic N) is 2. The molecule has 0 spiro atoms. The lowest BCUT2D eigenvalue weighted by atomic mass is 9.85. The van der Waals surface area contributed by atoms with Crippen LogP contribution in [0.15, 0.2) is 59.6 Å². The maximum atomic E-state index is 13.7. The first-order valence-electron chi connectivity index (χ1n) is 13.0. The van der Waals surface area contributed by atoms with Crippen LogP contribution < -0.4 is 4.74 Å². The molecule has 0 unspecified atom stereocenters. The van der Waals surface area contributed by atoms with Crippen molar-refractivity contribution in [1.29, 1.82) is 0 Å². The lowest BCUT2D eigenvalue weighted by Crippen LogP contribution is -2.37. The van der Waals surface area contributed by atoms with E-state index in [1.54, 1.807) is 24.3 Å². The summed E-state index contributed by atoms with van der Waals surface area (Å²) in [7, 11) is -3.68. The summed E-state index contributed by atoms with van der Waals surface area (Å²) in [6.07, 6.45) is 12.9. The van der Waals surface area contributed by atoms with Gasteiger partial charge in [0.1, 0.15) is 5.75 Å². The van der Waals surface area contributed by atoms with E-state index >= 15 is 0 Å². The molecule has 6 rings (SSSR count). The molecule has 1 aromatic heterocycles. The average molecular weight is 479 g/mol. The Morgan fingerprint density at radius 3 is 2.50 bits per heavy atom. The van der Waals surface area contributed by atoms with E-state index in [9.17, 15) is 8.42 Å². The lowest BCUT2D eigenvalue weighted by Gasteiger charge is -2.34. The first-order chi connectivity index (χ1) is 16.6. The lowest BCUT2D eigenvalue weighted by molar-refractivity contribution is 0.155. The number of hydrogen-bond donors (Lipinski definition) is 0. The Hall–Kier alpha value is -2.31. The number of rotatable bonds is 5. The Balaban J connectivity index is 1.42. The summed E-state index contributed by atoms with van der Waals surface area (Å²) in [6, 6.07) is 15.4. The third kappa shape index (κ3) is 4.05. The molecule has 3 aromatic rings. The van der Waals surface area contributed by atoms with Gasteiger partial charge in [-0.05, 0) is 106 Å². The highest BCUT2D eigenvalue weighted by molar-refractivity contribution is 7.90. The number of benzene rings is 2. The molecule has 2 aliphatic heterocycles. The number of fused-ring (bicyclic) bond motifs is 2. The van der Waals surface area contributed by atoms with Gasteiger partial charge >= 0.3 is 0 Å². The van der Waals surface area contributed by atoms with E-state index in [2.05, 4.69) is 11.0 Å². The quantitative estimate of drug-likeness (QED) is 0.456. The minimum Gasteiger partial charge on any atom is -0.490 e. The zero-order chi connectivity index (χ0) is 23.1. The molecule has 3 heterocycles. The van der Waals surface area contributed by atoms with E-state index in [1.165, 1.54) is 42.6 Å². The van der Waals surface area contributed by atoms with Crippen molar-refractivity contribution in [2.24, 2.45) is 0 Å². The molecule has 5 nitrogen and oxygen atoms in total. The molecule has 0 amide bonds. The SMILES string of the molecule is O=S(=O)(c1ccccc1)n1cc([C@H]2CCN3CCC[C@@H]3C2)c2cc(OC3CCCCC3)ccc21. The molecule has 3 aliphatic rings. The summed E-state index contributed by atoms with van der Waals surface area (Å²) >= 11 is 0. The molecule has 6 heteroatoms. The topological polar surface area (TPSA) is 51.5 Å². The number of hydrogen-bond acceptors (Lipinski definition) is 4. The van der Waals surface area contributed by atoms with Gasteiger partial charge in [0.25, 0.3) is 10.0 Å². The largest absolute Gasteiger partial charge is 0.490 e. The van der Waals surface area contributed by atoms with Crippen LogP contribution in [0.5, 0.6) is 5.75 Å². The predicted octanol–water partition coefficient (Wildman–Crippen LogP) is 5.93. The van der Waals surface area contributed by atoms with Gasteiger partial charge in [0, 0.05) is 17.6 Å². The van der Waals surface area contributed by atoms with Gasteiger partial charge in [-0.1, -0.05) is 24.6 Å². The highest BCUT2D eigenvalue weighted by Gasteiger charge is 2.34. The van der Waals surface area contributed by atoms with Crippen molar-refractivity contribution < 1.29 is 13.2 Å². The Morgan fingerprint density at radius 1 is 0.853 bits per heavy atom. The molecule has 1 aliphatic carbocycles. The number of ether oxygens (including phenoxy) is 1. The van der Waals surface area contributed by atoms with E-state index in [4.69, 9.17) is 4.74 Å². The third-order valence-corrected chi connectivity index (χ3v) is 9.88. The second kappa shape index (κ2) is 9.04. The van der Waals surface area contributed by atoms with Crippen LogP contribution in [-0.4, -0.2) is 42.5 Å². The van der Waals surface area contributed by atoms with Gasteiger partial charge in [-0.3, -0.25) is 0 Å². The average Bonchev–Trinajstić information content (AvgIpc) is 3.49. The Kier molecular flexibility index (Phi) is 5.90. The second-order valence-corrected chi connectivity index (χ2v) is 12.1. The molecular weight excluding hydrogens is 444 g/mol. The van der Waals surface area contributed by atoms with Crippen molar-refractivity contribution in [2.45, 2.75) is 80.7 Å². The van der Waals surface area contributed by atoms with E-state index in [1.807, 2.05) is 24.4 Å². The van der Waals surface area contributed by atoms with Crippen LogP contribution in [0.4, 0.5) is 0 Å². The first kappa shape index (κ1) is 22.2. The van der Waals surface area contributed by atoms with E-state index in [-0.39, 0.29) is 6.10 Å². The van der Waals surface area contributed by atoms with Gasteiger partial charge in [-0.25, -0.2) is 12.4 Å². The van der Waals surface area contributed by atoms with Gasteiger partial charge in [0.05, 0.1) is 16.5 Å². The van der Waals surface area contributed by atoms with E-state index < -0.39 is 10.0 Å². The normalized spacial score (nSPS) is 24.4. The van der Waals surface area contributed by atoms with Gasteiger partial charge in [-0.2, -0.15) is 0 Å². The van der Waals surface area contributed by atoms with Crippen molar-refractivity contribution in [1.82, 2.24) is 8.87 Å². The minimum atomic E-state index is -3.68. The molecule has 2 aromatic carbocycles. The van der Waals surface area contributed by atoms with Crippen LogP contribution in [0.1, 0.15) is 69.3 Å². The van der Waals surface area contributed by atoms with Crippen LogP contribution >= 0.6 is 0 Å². The molecule has 2 atom stereocenters. The van der Waals surface area contributed by atoms with Gasteiger partial charge in [0.2, 0.25) is 0 Å². The molecule has 0 N–H and O–H groups in total. The highest BCUT2D eigenvalue weighted by atomic mass is 32.2. The highest BCUT2D eigenvalue weighted by Crippen LogP contribution is 2.41.